The van der Waals surface area contributed by atoms with Crippen LogP contribution in [0.3, 0.4) is 0 Å². The minimum atomic E-state index is -1.51. The van der Waals surface area contributed by atoms with E-state index in [1.807, 2.05) is 18.2 Å². The van der Waals surface area contributed by atoms with Crippen molar-refractivity contribution >= 4 is 6.29 Å². The van der Waals surface area contributed by atoms with Gasteiger partial charge in [0, 0.05) is 17.7 Å². The van der Waals surface area contributed by atoms with E-state index >= 15 is 0 Å². The van der Waals surface area contributed by atoms with Crippen LogP contribution in [0.25, 0.3) is 0 Å². The number of ether oxygens (including phenoxy) is 1. The van der Waals surface area contributed by atoms with E-state index < -0.39 is 12.4 Å². The van der Waals surface area contributed by atoms with E-state index in [1.54, 1.807) is 36.4 Å². The van der Waals surface area contributed by atoms with Crippen molar-refractivity contribution < 1.29 is 13.9 Å². The van der Waals surface area contributed by atoms with Crippen molar-refractivity contribution in [3.8, 4) is 5.75 Å². The Balaban J connectivity index is 1.93. The molecular formula is C18H21FN2O2. The molecule has 0 aliphatic heterocycles. The number of hydrogen-bond acceptors (Lipinski definition) is 4. The number of nitrogens with one attached hydrogen (secondary N) is 1. The quantitative estimate of drug-likeness (QED) is 0.551. The Bertz CT molecular complexity index is 607. The number of para-hydroxylation sites is 1. The van der Waals surface area contributed by atoms with Gasteiger partial charge in [0.1, 0.15) is 12.0 Å². The van der Waals surface area contributed by atoms with Crippen LogP contribution in [0.15, 0.2) is 54.6 Å². The van der Waals surface area contributed by atoms with Crippen LogP contribution in [0.1, 0.15) is 23.9 Å². The zero-order valence-corrected chi connectivity index (χ0v) is 12.8. The van der Waals surface area contributed by atoms with Crippen LogP contribution in [0.2, 0.25) is 0 Å². The van der Waals surface area contributed by atoms with E-state index in [0.717, 1.165) is 11.8 Å². The zero-order chi connectivity index (χ0) is 16.5. The first kappa shape index (κ1) is 17.1. The summed E-state index contributed by atoms with van der Waals surface area (Å²) in [6.45, 7) is 1.12. The Morgan fingerprint density at radius 2 is 1.83 bits per heavy atom. The fraction of sp³-hybridized carbons (Fsp3) is 0.278. The molecule has 0 aliphatic rings. The standard InChI is InChI=1S/C18H21FN2O2/c19-18(14-6-2-1-3-7-14)23-17-9-5-4-8-15(17)12-21-11-10-16(20)13-22/h1-9,13,16,18,21H,10-12,20H2. The molecule has 2 rings (SSSR count). The lowest BCUT2D eigenvalue weighted by molar-refractivity contribution is -0.109. The number of aldehydes is 1. The van der Waals surface area contributed by atoms with Gasteiger partial charge in [-0.3, -0.25) is 0 Å². The predicted octanol–water partition coefficient (Wildman–Crippen LogP) is 2.74. The Labute approximate surface area is 135 Å². The molecule has 122 valence electrons. The molecule has 5 heteroatoms. The summed E-state index contributed by atoms with van der Waals surface area (Å²) in [5, 5.41) is 3.18. The minimum absolute atomic E-state index is 0.456. The van der Waals surface area contributed by atoms with Crippen LogP contribution >= 0.6 is 0 Å². The van der Waals surface area contributed by atoms with Gasteiger partial charge in [-0.25, -0.2) is 0 Å². The van der Waals surface area contributed by atoms with Gasteiger partial charge in [-0.15, -0.1) is 0 Å². The summed E-state index contributed by atoms with van der Waals surface area (Å²) in [6.07, 6.45) is -0.227. The first-order valence-corrected chi connectivity index (χ1v) is 7.56. The van der Waals surface area contributed by atoms with E-state index in [1.165, 1.54) is 0 Å². The molecular weight excluding hydrogens is 295 g/mol. The lowest BCUT2D eigenvalue weighted by Crippen LogP contribution is -2.27. The molecule has 2 aromatic carbocycles. The number of carbonyl (C=O) groups is 1. The van der Waals surface area contributed by atoms with Crippen LogP contribution in [0, 0.1) is 0 Å². The first-order valence-electron chi connectivity index (χ1n) is 7.56. The summed E-state index contributed by atoms with van der Waals surface area (Å²) < 4.78 is 19.7. The van der Waals surface area contributed by atoms with Crippen molar-refractivity contribution in [1.82, 2.24) is 5.32 Å². The third-order valence-electron chi connectivity index (χ3n) is 3.41. The molecule has 0 aromatic heterocycles. The van der Waals surface area contributed by atoms with Crippen LogP contribution in [-0.2, 0) is 11.3 Å². The third-order valence-corrected chi connectivity index (χ3v) is 3.41. The largest absolute Gasteiger partial charge is 0.456 e. The van der Waals surface area contributed by atoms with Gasteiger partial charge in [-0.1, -0.05) is 48.5 Å². The smallest absolute Gasteiger partial charge is 0.264 e. The van der Waals surface area contributed by atoms with Crippen molar-refractivity contribution in [1.29, 1.82) is 0 Å². The van der Waals surface area contributed by atoms with E-state index in [2.05, 4.69) is 5.32 Å². The number of rotatable bonds is 9. The van der Waals surface area contributed by atoms with Crippen molar-refractivity contribution in [3.63, 3.8) is 0 Å². The number of carbonyl (C=O) groups excluding carboxylic acids is 1. The highest BCUT2D eigenvalue weighted by Crippen LogP contribution is 2.26. The Hall–Kier alpha value is -2.24. The SMILES string of the molecule is NC(C=O)CCNCc1ccccc1OC(F)c1ccccc1. The first-order chi connectivity index (χ1) is 11.2. The van der Waals surface area contributed by atoms with E-state index in [9.17, 15) is 9.18 Å². The van der Waals surface area contributed by atoms with Gasteiger partial charge in [0.05, 0.1) is 6.04 Å². The summed E-state index contributed by atoms with van der Waals surface area (Å²) in [6, 6.07) is 15.6. The normalized spacial score (nSPS) is 13.3. The van der Waals surface area contributed by atoms with Crippen LogP contribution in [0.5, 0.6) is 5.75 Å². The Morgan fingerprint density at radius 3 is 2.57 bits per heavy atom. The van der Waals surface area contributed by atoms with Gasteiger partial charge in [-0.05, 0) is 19.0 Å². The number of benzene rings is 2. The van der Waals surface area contributed by atoms with Gasteiger partial charge < -0.3 is 20.6 Å². The summed E-state index contributed by atoms with van der Waals surface area (Å²) in [5.41, 5.74) is 6.86. The fourth-order valence-corrected chi connectivity index (χ4v) is 2.11. The molecule has 0 saturated carbocycles. The van der Waals surface area contributed by atoms with E-state index in [0.29, 0.717) is 30.8 Å². The molecule has 0 saturated heterocycles. The van der Waals surface area contributed by atoms with Crippen LogP contribution in [0.4, 0.5) is 4.39 Å². The van der Waals surface area contributed by atoms with Gasteiger partial charge in [-0.2, -0.15) is 4.39 Å². The molecule has 2 aromatic rings. The molecule has 0 heterocycles. The summed E-state index contributed by atoms with van der Waals surface area (Å²) in [7, 11) is 0. The maximum absolute atomic E-state index is 14.2. The van der Waals surface area contributed by atoms with Crippen LogP contribution in [-0.4, -0.2) is 18.9 Å². The topological polar surface area (TPSA) is 64.4 Å². The molecule has 0 bridgehead atoms. The van der Waals surface area contributed by atoms with Crippen molar-refractivity contribution in [2.45, 2.75) is 25.4 Å². The average molecular weight is 316 g/mol. The van der Waals surface area contributed by atoms with Gasteiger partial charge in [0.2, 0.25) is 0 Å². The zero-order valence-electron chi connectivity index (χ0n) is 12.8. The van der Waals surface area contributed by atoms with Gasteiger partial charge in [0.25, 0.3) is 6.36 Å². The lowest BCUT2D eigenvalue weighted by atomic mass is 10.2. The number of alkyl halides is 1. The summed E-state index contributed by atoms with van der Waals surface area (Å²) in [5.74, 6) is 0.496. The van der Waals surface area contributed by atoms with E-state index in [-0.39, 0.29) is 0 Å². The molecule has 0 radical (unpaired) electrons. The highest BCUT2D eigenvalue weighted by molar-refractivity contribution is 5.56. The minimum Gasteiger partial charge on any atom is -0.456 e. The fourth-order valence-electron chi connectivity index (χ4n) is 2.11. The average Bonchev–Trinajstić information content (AvgIpc) is 2.60. The second kappa shape index (κ2) is 9.02. The van der Waals surface area contributed by atoms with E-state index in [4.69, 9.17) is 10.5 Å². The number of halogens is 1. The second-order valence-corrected chi connectivity index (χ2v) is 5.22. The van der Waals surface area contributed by atoms with Crippen LogP contribution < -0.4 is 15.8 Å². The van der Waals surface area contributed by atoms with Crippen molar-refractivity contribution in [3.05, 3.63) is 65.7 Å². The van der Waals surface area contributed by atoms with Gasteiger partial charge in [0.15, 0.2) is 0 Å². The maximum Gasteiger partial charge on any atom is 0.264 e. The predicted molar refractivity (Wildman–Crippen MR) is 87.7 cm³/mol. The monoisotopic (exact) mass is 316 g/mol. The summed E-state index contributed by atoms with van der Waals surface area (Å²) >= 11 is 0. The second-order valence-electron chi connectivity index (χ2n) is 5.22. The molecule has 0 fully saturated rings. The van der Waals surface area contributed by atoms with Crippen molar-refractivity contribution in [2.75, 3.05) is 6.54 Å². The summed E-state index contributed by atoms with van der Waals surface area (Å²) in [4.78, 5) is 10.5. The number of nitrogens with two attached hydrogens (primary N) is 1. The molecule has 2 unspecified atom stereocenters. The molecule has 3 N–H and O–H groups in total. The third kappa shape index (κ3) is 5.47. The van der Waals surface area contributed by atoms with Crippen molar-refractivity contribution in [2.24, 2.45) is 5.73 Å². The highest BCUT2D eigenvalue weighted by Gasteiger charge is 2.13. The highest BCUT2D eigenvalue weighted by atomic mass is 19.1. The maximum atomic E-state index is 14.2. The molecule has 0 spiro atoms. The lowest BCUT2D eigenvalue weighted by Gasteiger charge is -2.15. The Morgan fingerprint density at radius 1 is 1.13 bits per heavy atom. The molecule has 4 nitrogen and oxygen atoms in total. The molecule has 2 atom stereocenters. The molecule has 0 amide bonds. The Kier molecular flexibility index (Phi) is 6.72. The van der Waals surface area contributed by atoms with Gasteiger partial charge >= 0.3 is 0 Å². The molecule has 23 heavy (non-hydrogen) atoms. The number of hydrogen-bond donors (Lipinski definition) is 2. The molecule has 0 aliphatic carbocycles.